The summed E-state index contributed by atoms with van der Waals surface area (Å²) in [6, 6.07) is 1.86. The predicted molar refractivity (Wildman–Crippen MR) is 66.4 cm³/mol. The Morgan fingerprint density at radius 3 is 2.94 bits per heavy atom. The van der Waals surface area contributed by atoms with E-state index in [0.717, 1.165) is 42.6 Å². The zero-order valence-electron chi connectivity index (χ0n) is 10.3. The van der Waals surface area contributed by atoms with E-state index in [1.807, 2.05) is 6.07 Å². The number of fused-ring (bicyclic) bond motifs is 2. The van der Waals surface area contributed by atoms with Crippen LogP contribution in [0, 0.1) is 0 Å². The molecule has 2 heterocycles. The minimum Gasteiger partial charge on any atom is -0.297 e. The standard InChI is InChI=1S/C13H17N3O/c1-3-13(4-2)7-5-9-11(13)15-10-6-8-14-16(10)12(9)17/h6,8,14H,3-5,7H2,1-2H3. The van der Waals surface area contributed by atoms with Crippen molar-refractivity contribution in [1.82, 2.24) is 14.6 Å². The highest BCUT2D eigenvalue weighted by molar-refractivity contribution is 5.43. The highest BCUT2D eigenvalue weighted by Gasteiger charge is 2.39. The van der Waals surface area contributed by atoms with Crippen LogP contribution in [0.5, 0.6) is 0 Å². The highest BCUT2D eigenvalue weighted by Crippen LogP contribution is 2.41. The molecule has 0 aliphatic heterocycles. The zero-order valence-corrected chi connectivity index (χ0v) is 10.3. The topological polar surface area (TPSA) is 50.2 Å². The van der Waals surface area contributed by atoms with Gasteiger partial charge in [0.2, 0.25) is 0 Å². The molecule has 0 amide bonds. The molecule has 1 aliphatic carbocycles. The van der Waals surface area contributed by atoms with Crippen LogP contribution in [0.4, 0.5) is 0 Å². The van der Waals surface area contributed by atoms with Gasteiger partial charge in [-0.2, -0.15) is 0 Å². The van der Waals surface area contributed by atoms with Crippen LogP contribution in [0.2, 0.25) is 0 Å². The number of rotatable bonds is 2. The molecule has 0 atom stereocenters. The lowest BCUT2D eigenvalue weighted by atomic mass is 9.80. The fraction of sp³-hybridized carbons (Fsp3) is 0.538. The van der Waals surface area contributed by atoms with Crippen LogP contribution < -0.4 is 5.56 Å². The molecular formula is C13H17N3O. The van der Waals surface area contributed by atoms with Crippen molar-refractivity contribution in [3.8, 4) is 0 Å². The number of H-pyrrole nitrogens is 1. The summed E-state index contributed by atoms with van der Waals surface area (Å²) in [5.41, 5.74) is 2.90. The Balaban J connectivity index is 2.35. The second kappa shape index (κ2) is 3.45. The molecule has 0 bridgehead atoms. The largest absolute Gasteiger partial charge is 0.297 e. The smallest absolute Gasteiger partial charge is 0.276 e. The van der Waals surface area contributed by atoms with Crippen LogP contribution in [-0.2, 0) is 11.8 Å². The Labute approximate surface area is 99.7 Å². The van der Waals surface area contributed by atoms with E-state index < -0.39 is 0 Å². The van der Waals surface area contributed by atoms with Crippen molar-refractivity contribution in [2.75, 3.05) is 0 Å². The SMILES string of the molecule is CCC1(CC)CCc2c1nc1cc[nH]n1c2=O. The van der Waals surface area contributed by atoms with Gasteiger partial charge in [0.1, 0.15) is 0 Å². The molecule has 0 unspecified atom stereocenters. The first-order chi connectivity index (χ1) is 8.22. The number of hydrogen-bond acceptors (Lipinski definition) is 2. The molecule has 0 fully saturated rings. The van der Waals surface area contributed by atoms with Gasteiger partial charge in [-0.25, -0.2) is 9.50 Å². The van der Waals surface area contributed by atoms with E-state index >= 15 is 0 Å². The molecule has 2 aromatic heterocycles. The van der Waals surface area contributed by atoms with Crippen molar-refractivity contribution in [3.63, 3.8) is 0 Å². The lowest BCUT2D eigenvalue weighted by Gasteiger charge is -2.26. The van der Waals surface area contributed by atoms with Gasteiger partial charge >= 0.3 is 0 Å². The normalized spacial score (nSPS) is 17.5. The predicted octanol–water partition coefficient (Wildman–Crippen LogP) is 2.03. The van der Waals surface area contributed by atoms with E-state index in [1.54, 1.807) is 10.7 Å². The van der Waals surface area contributed by atoms with Gasteiger partial charge in [0.05, 0.1) is 5.69 Å². The van der Waals surface area contributed by atoms with Gasteiger partial charge in [-0.05, 0) is 25.7 Å². The van der Waals surface area contributed by atoms with Gasteiger partial charge < -0.3 is 0 Å². The van der Waals surface area contributed by atoms with Gasteiger partial charge in [-0.3, -0.25) is 9.89 Å². The summed E-state index contributed by atoms with van der Waals surface area (Å²) in [6.07, 6.45) is 5.81. The van der Waals surface area contributed by atoms with Gasteiger partial charge in [0.15, 0.2) is 5.65 Å². The highest BCUT2D eigenvalue weighted by atomic mass is 16.1. The van der Waals surface area contributed by atoms with Crippen LogP contribution in [-0.4, -0.2) is 14.6 Å². The summed E-state index contributed by atoms with van der Waals surface area (Å²) in [5, 5.41) is 2.92. The number of aromatic nitrogens is 3. The summed E-state index contributed by atoms with van der Waals surface area (Å²) < 4.78 is 1.54. The number of aromatic amines is 1. The Morgan fingerprint density at radius 2 is 2.24 bits per heavy atom. The first-order valence-electron chi connectivity index (χ1n) is 6.31. The molecule has 0 radical (unpaired) electrons. The summed E-state index contributed by atoms with van der Waals surface area (Å²) in [5.74, 6) is 0. The van der Waals surface area contributed by atoms with Gasteiger partial charge in [0.25, 0.3) is 5.56 Å². The third-order valence-corrected chi connectivity index (χ3v) is 4.35. The summed E-state index contributed by atoms with van der Waals surface area (Å²) in [7, 11) is 0. The number of nitrogens with zero attached hydrogens (tertiary/aromatic N) is 2. The third kappa shape index (κ3) is 1.24. The van der Waals surface area contributed by atoms with E-state index in [-0.39, 0.29) is 11.0 Å². The Bertz CT molecular complexity index is 619. The van der Waals surface area contributed by atoms with Crippen molar-refractivity contribution in [2.45, 2.75) is 44.9 Å². The van der Waals surface area contributed by atoms with E-state index in [4.69, 9.17) is 4.98 Å². The Morgan fingerprint density at radius 1 is 1.47 bits per heavy atom. The minimum absolute atomic E-state index is 0.0822. The number of hydrogen-bond donors (Lipinski definition) is 1. The minimum atomic E-state index is 0.0822. The summed E-state index contributed by atoms with van der Waals surface area (Å²) in [4.78, 5) is 17.0. The second-order valence-corrected chi connectivity index (χ2v) is 4.89. The quantitative estimate of drug-likeness (QED) is 0.859. The molecule has 4 heteroatoms. The fourth-order valence-electron chi connectivity index (χ4n) is 3.08. The average molecular weight is 231 g/mol. The molecule has 3 rings (SSSR count). The zero-order chi connectivity index (χ0) is 12.0. The molecule has 90 valence electrons. The molecule has 0 spiro atoms. The third-order valence-electron chi connectivity index (χ3n) is 4.35. The van der Waals surface area contributed by atoms with Crippen LogP contribution in [0.3, 0.4) is 0 Å². The van der Waals surface area contributed by atoms with Gasteiger partial charge in [-0.1, -0.05) is 13.8 Å². The van der Waals surface area contributed by atoms with Gasteiger partial charge in [-0.15, -0.1) is 0 Å². The van der Waals surface area contributed by atoms with Crippen LogP contribution >= 0.6 is 0 Å². The summed E-state index contributed by atoms with van der Waals surface area (Å²) >= 11 is 0. The molecule has 0 saturated heterocycles. The molecule has 4 nitrogen and oxygen atoms in total. The Hall–Kier alpha value is -1.58. The van der Waals surface area contributed by atoms with Crippen LogP contribution in [0.1, 0.15) is 44.4 Å². The lowest BCUT2D eigenvalue weighted by molar-refractivity contribution is 0.385. The van der Waals surface area contributed by atoms with Crippen molar-refractivity contribution in [2.24, 2.45) is 0 Å². The number of nitrogens with one attached hydrogen (secondary N) is 1. The van der Waals surface area contributed by atoms with Crippen LogP contribution in [0.25, 0.3) is 5.65 Å². The van der Waals surface area contributed by atoms with Crippen LogP contribution in [0.15, 0.2) is 17.1 Å². The summed E-state index contributed by atoms with van der Waals surface area (Å²) in [6.45, 7) is 4.39. The maximum absolute atomic E-state index is 12.3. The first-order valence-corrected chi connectivity index (χ1v) is 6.31. The molecule has 1 aliphatic rings. The van der Waals surface area contributed by atoms with Crippen molar-refractivity contribution in [3.05, 3.63) is 33.9 Å². The van der Waals surface area contributed by atoms with Crippen molar-refractivity contribution < 1.29 is 0 Å². The van der Waals surface area contributed by atoms with E-state index in [2.05, 4.69) is 18.9 Å². The monoisotopic (exact) mass is 231 g/mol. The van der Waals surface area contributed by atoms with E-state index in [1.165, 1.54) is 0 Å². The fourth-order valence-corrected chi connectivity index (χ4v) is 3.08. The molecule has 0 aromatic carbocycles. The average Bonchev–Trinajstić information content (AvgIpc) is 2.94. The first kappa shape index (κ1) is 10.6. The maximum Gasteiger partial charge on any atom is 0.276 e. The molecule has 17 heavy (non-hydrogen) atoms. The van der Waals surface area contributed by atoms with Crippen molar-refractivity contribution >= 4 is 5.65 Å². The van der Waals surface area contributed by atoms with E-state index in [0.29, 0.717) is 0 Å². The second-order valence-electron chi connectivity index (χ2n) is 4.89. The molecule has 2 aromatic rings. The molecular weight excluding hydrogens is 214 g/mol. The molecule has 0 saturated carbocycles. The van der Waals surface area contributed by atoms with Gasteiger partial charge in [0, 0.05) is 23.2 Å². The maximum atomic E-state index is 12.3. The van der Waals surface area contributed by atoms with E-state index in [9.17, 15) is 4.79 Å². The Kier molecular flexibility index (Phi) is 2.15. The molecule has 1 N–H and O–H groups in total. The van der Waals surface area contributed by atoms with Crippen molar-refractivity contribution in [1.29, 1.82) is 0 Å². The lowest BCUT2D eigenvalue weighted by Crippen LogP contribution is -2.26.